The molecule has 1 aromatic rings. The molecule has 0 saturated heterocycles. The number of hydrogen-bond donors (Lipinski definition) is 2. The van der Waals surface area contributed by atoms with Crippen LogP contribution in [-0.4, -0.2) is 27.7 Å². The molecule has 0 fully saturated rings. The minimum absolute atomic E-state index is 0.0326. The Hall–Kier alpha value is -1.18. The molecular weight excluding hydrogens is 283 g/mol. The van der Waals surface area contributed by atoms with Gasteiger partial charge < -0.3 is 10.5 Å². The van der Waals surface area contributed by atoms with Crippen LogP contribution in [0.2, 0.25) is 0 Å². The Morgan fingerprint density at radius 2 is 2.05 bits per heavy atom. The van der Waals surface area contributed by atoms with Gasteiger partial charge in [0.1, 0.15) is 5.82 Å². The van der Waals surface area contributed by atoms with Gasteiger partial charge in [0.25, 0.3) is 0 Å². The van der Waals surface area contributed by atoms with Crippen LogP contribution in [0.5, 0.6) is 0 Å². The summed E-state index contributed by atoms with van der Waals surface area (Å²) in [6.45, 7) is 4.80. The van der Waals surface area contributed by atoms with Crippen LogP contribution in [0.1, 0.15) is 26.7 Å². The SMILES string of the molecule is CC(C)OCCCCNS(=O)(=O)c1ccc(F)c(N)c1. The number of anilines is 1. The van der Waals surface area contributed by atoms with Crippen molar-refractivity contribution in [3.63, 3.8) is 0 Å². The Labute approximate surface area is 119 Å². The van der Waals surface area contributed by atoms with E-state index in [1.165, 1.54) is 6.07 Å². The van der Waals surface area contributed by atoms with Crippen LogP contribution in [0.4, 0.5) is 10.1 Å². The number of hydrogen-bond acceptors (Lipinski definition) is 4. The Kier molecular flexibility index (Phi) is 6.38. The van der Waals surface area contributed by atoms with Crippen LogP contribution < -0.4 is 10.5 Å². The van der Waals surface area contributed by atoms with Crippen LogP contribution in [-0.2, 0) is 14.8 Å². The van der Waals surface area contributed by atoms with Gasteiger partial charge in [-0.3, -0.25) is 0 Å². The first kappa shape index (κ1) is 16.9. The molecule has 1 rings (SSSR count). The molecule has 0 radical (unpaired) electrons. The lowest BCUT2D eigenvalue weighted by molar-refractivity contribution is 0.0762. The number of benzene rings is 1. The summed E-state index contributed by atoms with van der Waals surface area (Å²) < 4.78 is 44.6. The summed E-state index contributed by atoms with van der Waals surface area (Å²) in [5.74, 6) is -0.630. The van der Waals surface area contributed by atoms with Crippen LogP contribution >= 0.6 is 0 Å². The molecule has 5 nitrogen and oxygen atoms in total. The van der Waals surface area contributed by atoms with E-state index in [1.807, 2.05) is 13.8 Å². The number of unbranched alkanes of at least 4 members (excludes halogenated alkanes) is 1. The minimum atomic E-state index is -3.64. The lowest BCUT2D eigenvalue weighted by atomic mass is 10.3. The number of ether oxygens (including phenoxy) is 1. The Morgan fingerprint density at radius 3 is 2.65 bits per heavy atom. The Morgan fingerprint density at radius 1 is 1.35 bits per heavy atom. The molecular formula is C13H21FN2O3S. The van der Waals surface area contributed by atoms with Gasteiger partial charge in [-0.05, 0) is 44.9 Å². The molecule has 0 bridgehead atoms. The van der Waals surface area contributed by atoms with E-state index < -0.39 is 15.8 Å². The predicted molar refractivity (Wildman–Crippen MR) is 76.3 cm³/mol. The maximum atomic E-state index is 13.0. The van der Waals surface area contributed by atoms with Crippen LogP contribution in [0, 0.1) is 5.82 Å². The minimum Gasteiger partial charge on any atom is -0.396 e. The van der Waals surface area contributed by atoms with Gasteiger partial charge in [0, 0.05) is 13.2 Å². The van der Waals surface area contributed by atoms with E-state index in [2.05, 4.69) is 4.72 Å². The molecule has 0 aliphatic carbocycles. The van der Waals surface area contributed by atoms with Gasteiger partial charge in [-0.1, -0.05) is 0 Å². The number of nitrogens with two attached hydrogens (primary N) is 1. The molecule has 0 heterocycles. The summed E-state index contributed by atoms with van der Waals surface area (Å²) in [4.78, 5) is -0.0326. The number of nitrogens with one attached hydrogen (secondary N) is 1. The maximum Gasteiger partial charge on any atom is 0.240 e. The number of sulfonamides is 1. The highest BCUT2D eigenvalue weighted by molar-refractivity contribution is 7.89. The van der Waals surface area contributed by atoms with E-state index in [9.17, 15) is 12.8 Å². The average molecular weight is 304 g/mol. The monoisotopic (exact) mass is 304 g/mol. The van der Waals surface area contributed by atoms with Crippen molar-refractivity contribution in [2.45, 2.75) is 37.7 Å². The van der Waals surface area contributed by atoms with Gasteiger partial charge in [-0.15, -0.1) is 0 Å². The van der Waals surface area contributed by atoms with Crippen molar-refractivity contribution in [1.29, 1.82) is 0 Å². The summed E-state index contributed by atoms with van der Waals surface area (Å²) in [5.41, 5.74) is 5.17. The van der Waals surface area contributed by atoms with E-state index in [0.29, 0.717) is 19.6 Å². The average Bonchev–Trinajstić information content (AvgIpc) is 2.36. The van der Waals surface area contributed by atoms with Crippen molar-refractivity contribution < 1.29 is 17.5 Å². The third kappa shape index (κ3) is 5.44. The van der Waals surface area contributed by atoms with Crippen molar-refractivity contribution >= 4 is 15.7 Å². The van der Waals surface area contributed by atoms with Crippen molar-refractivity contribution in [3.05, 3.63) is 24.0 Å². The first-order valence-electron chi connectivity index (χ1n) is 6.49. The molecule has 0 aromatic heterocycles. The fourth-order valence-electron chi connectivity index (χ4n) is 1.52. The molecule has 20 heavy (non-hydrogen) atoms. The van der Waals surface area contributed by atoms with Crippen molar-refractivity contribution in [2.75, 3.05) is 18.9 Å². The predicted octanol–water partition coefficient (Wildman–Crippen LogP) is 1.89. The fraction of sp³-hybridized carbons (Fsp3) is 0.538. The van der Waals surface area contributed by atoms with E-state index in [4.69, 9.17) is 10.5 Å². The zero-order valence-electron chi connectivity index (χ0n) is 11.7. The molecule has 0 aliphatic heterocycles. The normalized spacial score (nSPS) is 12.0. The third-order valence-electron chi connectivity index (χ3n) is 2.59. The molecule has 114 valence electrons. The van der Waals surface area contributed by atoms with Gasteiger partial charge in [0.2, 0.25) is 10.0 Å². The summed E-state index contributed by atoms with van der Waals surface area (Å²) in [6, 6.07) is 3.34. The Bertz CT molecular complexity index is 532. The standard InChI is InChI=1S/C13H21FN2O3S/c1-10(2)19-8-4-3-7-16-20(17,18)11-5-6-12(14)13(15)9-11/h5-6,9-10,16H,3-4,7-8,15H2,1-2H3. The van der Waals surface area contributed by atoms with E-state index in [0.717, 1.165) is 18.6 Å². The molecule has 7 heteroatoms. The summed E-state index contributed by atoms with van der Waals surface area (Å²) in [6.07, 6.45) is 1.61. The van der Waals surface area contributed by atoms with E-state index in [1.54, 1.807) is 0 Å². The zero-order chi connectivity index (χ0) is 15.2. The second-order valence-corrected chi connectivity index (χ2v) is 6.47. The quantitative estimate of drug-likeness (QED) is 0.567. The van der Waals surface area contributed by atoms with Crippen LogP contribution in [0.25, 0.3) is 0 Å². The Balaban J connectivity index is 2.43. The highest BCUT2D eigenvalue weighted by Crippen LogP contribution is 2.16. The molecule has 0 amide bonds. The van der Waals surface area contributed by atoms with Gasteiger partial charge >= 0.3 is 0 Å². The largest absolute Gasteiger partial charge is 0.396 e. The van der Waals surface area contributed by atoms with Gasteiger partial charge in [-0.2, -0.15) is 0 Å². The molecule has 0 aliphatic rings. The van der Waals surface area contributed by atoms with Crippen molar-refractivity contribution in [1.82, 2.24) is 4.72 Å². The van der Waals surface area contributed by atoms with E-state index in [-0.39, 0.29) is 16.7 Å². The van der Waals surface area contributed by atoms with Gasteiger partial charge in [-0.25, -0.2) is 17.5 Å². The highest BCUT2D eigenvalue weighted by Gasteiger charge is 2.14. The molecule has 0 saturated carbocycles. The summed E-state index contributed by atoms with van der Waals surface area (Å²) in [7, 11) is -3.64. The first-order chi connectivity index (χ1) is 9.33. The maximum absolute atomic E-state index is 13.0. The fourth-order valence-corrected chi connectivity index (χ4v) is 2.63. The summed E-state index contributed by atoms with van der Waals surface area (Å²) >= 11 is 0. The lowest BCUT2D eigenvalue weighted by Gasteiger charge is -2.09. The van der Waals surface area contributed by atoms with Gasteiger partial charge in [0.05, 0.1) is 16.7 Å². The molecule has 0 atom stereocenters. The lowest BCUT2D eigenvalue weighted by Crippen LogP contribution is -2.25. The van der Waals surface area contributed by atoms with Crippen molar-refractivity contribution in [3.8, 4) is 0 Å². The number of nitrogen functional groups attached to an aromatic ring is 1. The number of rotatable bonds is 8. The molecule has 3 N–H and O–H groups in total. The smallest absolute Gasteiger partial charge is 0.240 e. The second kappa shape index (κ2) is 7.56. The second-order valence-electron chi connectivity index (χ2n) is 4.71. The first-order valence-corrected chi connectivity index (χ1v) is 7.97. The summed E-state index contributed by atoms with van der Waals surface area (Å²) in [5, 5.41) is 0. The van der Waals surface area contributed by atoms with E-state index >= 15 is 0 Å². The van der Waals surface area contributed by atoms with Crippen LogP contribution in [0.15, 0.2) is 23.1 Å². The molecule has 1 aromatic carbocycles. The molecule has 0 unspecified atom stereocenters. The van der Waals surface area contributed by atoms with Gasteiger partial charge in [0.15, 0.2) is 0 Å². The third-order valence-corrected chi connectivity index (χ3v) is 4.05. The molecule has 0 spiro atoms. The topological polar surface area (TPSA) is 81.4 Å². The van der Waals surface area contributed by atoms with Crippen molar-refractivity contribution in [2.24, 2.45) is 0 Å². The number of halogens is 1. The zero-order valence-corrected chi connectivity index (χ0v) is 12.5. The highest BCUT2D eigenvalue weighted by atomic mass is 32.2. The van der Waals surface area contributed by atoms with Crippen LogP contribution in [0.3, 0.4) is 0 Å².